The SMILES string of the molecule is C#Cc1cc(OC(C)C)c2c(c1)C(C)(C)CCC2=O. The molecule has 0 aliphatic heterocycles. The maximum Gasteiger partial charge on any atom is 0.166 e. The van der Waals surface area contributed by atoms with E-state index in [4.69, 9.17) is 11.2 Å². The Hall–Kier alpha value is -1.75. The average molecular weight is 256 g/mol. The zero-order valence-electron chi connectivity index (χ0n) is 12.0. The van der Waals surface area contributed by atoms with Crippen molar-refractivity contribution in [2.75, 3.05) is 0 Å². The fraction of sp³-hybridized carbons (Fsp3) is 0.471. The van der Waals surface area contributed by atoms with Gasteiger partial charge < -0.3 is 4.74 Å². The van der Waals surface area contributed by atoms with Crippen molar-refractivity contribution in [3.63, 3.8) is 0 Å². The van der Waals surface area contributed by atoms with E-state index in [1.165, 1.54) is 0 Å². The number of ether oxygens (including phenoxy) is 1. The first kappa shape index (κ1) is 13.7. The van der Waals surface area contributed by atoms with Crippen LogP contribution in [0.4, 0.5) is 0 Å². The molecule has 2 nitrogen and oxygen atoms in total. The predicted octanol–water partition coefficient (Wildman–Crippen LogP) is 3.71. The van der Waals surface area contributed by atoms with Crippen LogP contribution in [0.2, 0.25) is 0 Å². The van der Waals surface area contributed by atoms with Crippen LogP contribution in [-0.4, -0.2) is 11.9 Å². The Morgan fingerprint density at radius 3 is 2.63 bits per heavy atom. The molecule has 1 aliphatic carbocycles. The highest BCUT2D eigenvalue weighted by Gasteiger charge is 2.34. The first-order chi connectivity index (χ1) is 8.85. The van der Waals surface area contributed by atoms with Crippen molar-refractivity contribution < 1.29 is 9.53 Å². The number of hydrogen-bond donors (Lipinski definition) is 0. The molecule has 1 aromatic carbocycles. The van der Waals surface area contributed by atoms with Crippen LogP contribution in [-0.2, 0) is 5.41 Å². The van der Waals surface area contributed by atoms with Gasteiger partial charge in [-0.25, -0.2) is 0 Å². The van der Waals surface area contributed by atoms with E-state index in [9.17, 15) is 4.79 Å². The minimum atomic E-state index is -0.0365. The molecule has 100 valence electrons. The summed E-state index contributed by atoms with van der Waals surface area (Å²) in [4.78, 5) is 12.2. The van der Waals surface area contributed by atoms with Crippen molar-refractivity contribution in [1.82, 2.24) is 0 Å². The van der Waals surface area contributed by atoms with E-state index in [2.05, 4.69) is 19.8 Å². The number of carbonyl (C=O) groups is 1. The summed E-state index contributed by atoms with van der Waals surface area (Å²) >= 11 is 0. The van der Waals surface area contributed by atoms with Crippen molar-refractivity contribution >= 4 is 5.78 Å². The highest BCUT2D eigenvalue weighted by atomic mass is 16.5. The van der Waals surface area contributed by atoms with Crippen molar-refractivity contribution in [3.05, 3.63) is 28.8 Å². The fourth-order valence-electron chi connectivity index (χ4n) is 2.55. The summed E-state index contributed by atoms with van der Waals surface area (Å²) in [6, 6.07) is 3.76. The van der Waals surface area contributed by atoms with E-state index in [1.807, 2.05) is 19.9 Å². The van der Waals surface area contributed by atoms with Gasteiger partial charge in [-0.3, -0.25) is 4.79 Å². The van der Waals surface area contributed by atoms with E-state index < -0.39 is 0 Å². The molecule has 0 N–H and O–H groups in total. The standard InChI is InChI=1S/C17H20O2/c1-6-12-9-13-16(15(10-12)19-11(2)3)14(18)7-8-17(13,4)5/h1,9-11H,7-8H2,2-5H3. The summed E-state index contributed by atoms with van der Waals surface area (Å²) in [6.07, 6.45) is 6.97. The van der Waals surface area contributed by atoms with Crippen LogP contribution in [0.3, 0.4) is 0 Å². The minimum Gasteiger partial charge on any atom is -0.490 e. The molecular weight excluding hydrogens is 236 g/mol. The summed E-state index contributed by atoms with van der Waals surface area (Å²) in [5.41, 5.74) is 2.49. The third-order valence-electron chi connectivity index (χ3n) is 3.62. The number of hydrogen-bond acceptors (Lipinski definition) is 2. The molecule has 19 heavy (non-hydrogen) atoms. The zero-order valence-corrected chi connectivity index (χ0v) is 12.0. The normalized spacial score (nSPS) is 16.9. The molecular formula is C17H20O2. The lowest BCUT2D eigenvalue weighted by atomic mass is 9.71. The van der Waals surface area contributed by atoms with Gasteiger partial charge >= 0.3 is 0 Å². The number of ketones is 1. The average Bonchev–Trinajstić information content (AvgIpc) is 2.33. The van der Waals surface area contributed by atoms with E-state index in [0.29, 0.717) is 12.2 Å². The Labute approximate surface area is 115 Å². The molecule has 0 unspecified atom stereocenters. The first-order valence-electron chi connectivity index (χ1n) is 6.70. The Bertz CT molecular complexity index is 559. The van der Waals surface area contributed by atoms with Gasteiger partial charge in [-0.1, -0.05) is 19.8 Å². The molecule has 0 fully saturated rings. The van der Waals surface area contributed by atoms with E-state index in [0.717, 1.165) is 23.1 Å². The molecule has 0 radical (unpaired) electrons. The second-order valence-corrected chi connectivity index (χ2v) is 6.01. The smallest absolute Gasteiger partial charge is 0.166 e. The van der Waals surface area contributed by atoms with Gasteiger partial charge in [-0.15, -0.1) is 6.42 Å². The van der Waals surface area contributed by atoms with Gasteiger partial charge in [0, 0.05) is 12.0 Å². The zero-order chi connectivity index (χ0) is 14.2. The quantitative estimate of drug-likeness (QED) is 0.754. The highest BCUT2D eigenvalue weighted by Crippen LogP contribution is 2.41. The van der Waals surface area contributed by atoms with Gasteiger partial charge in [-0.2, -0.15) is 0 Å². The molecule has 0 bridgehead atoms. The van der Waals surface area contributed by atoms with Crippen LogP contribution >= 0.6 is 0 Å². The van der Waals surface area contributed by atoms with Gasteiger partial charge in [0.2, 0.25) is 0 Å². The predicted molar refractivity (Wildman–Crippen MR) is 76.7 cm³/mol. The molecule has 0 saturated heterocycles. The molecule has 0 saturated carbocycles. The summed E-state index contributed by atoms with van der Waals surface area (Å²) in [5.74, 6) is 3.45. The maximum atomic E-state index is 12.2. The van der Waals surface area contributed by atoms with Crippen LogP contribution in [0.5, 0.6) is 5.75 Å². The lowest BCUT2D eigenvalue weighted by Gasteiger charge is -2.33. The molecule has 0 heterocycles. The monoisotopic (exact) mass is 256 g/mol. The molecule has 2 rings (SSSR count). The third-order valence-corrected chi connectivity index (χ3v) is 3.62. The first-order valence-corrected chi connectivity index (χ1v) is 6.70. The van der Waals surface area contributed by atoms with Crippen molar-refractivity contribution in [1.29, 1.82) is 0 Å². The lowest BCUT2D eigenvalue weighted by molar-refractivity contribution is 0.0949. The number of benzene rings is 1. The van der Waals surface area contributed by atoms with Crippen molar-refractivity contribution in [2.24, 2.45) is 0 Å². The van der Waals surface area contributed by atoms with Crippen LogP contribution in [0.25, 0.3) is 0 Å². The minimum absolute atomic E-state index is 0.0231. The van der Waals surface area contributed by atoms with Crippen molar-refractivity contribution in [3.8, 4) is 18.1 Å². The van der Waals surface area contributed by atoms with Gasteiger partial charge in [0.1, 0.15) is 5.75 Å². The van der Waals surface area contributed by atoms with Gasteiger partial charge in [0.05, 0.1) is 11.7 Å². The summed E-state index contributed by atoms with van der Waals surface area (Å²) < 4.78 is 5.80. The van der Waals surface area contributed by atoms with E-state index in [1.54, 1.807) is 6.07 Å². The number of fused-ring (bicyclic) bond motifs is 1. The number of rotatable bonds is 2. The molecule has 0 atom stereocenters. The van der Waals surface area contributed by atoms with Crippen molar-refractivity contribution in [2.45, 2.75) is 52.1 Å². The van der Waals surface area contributed by atoms with Gasteiger partial charge in [-0.05, 0) is 43.4 Å². The Morgan fingerprint density at radius 1 is 1.37 bits per heavy atom. The molecule has 0 aromatic heterocycles. The lowest BCUT2D eigenvalue weighted by Crippen LogP contribution is -2.28. The van der Waals surface area contributed by atoms with Gasteiger partial charge in [0.25, 0.3) is 0 Å². The molecule has 0 spiro atoms. The van der Waals surface area contributed by atoms with Crippen LogP contribution in [0, 0.1) is 12.3 Å². The van der Waals surface area contributed by atoms with E-state index in [-0.39, 0.29) is 17.3 Å². The van der Waals surface area contributed by atoms with Crippen LogP contribution < -0.4 is 4.74 Å². The van der Waals surface area contributed by atoms with E-state index >= 15 is 0 Å². The Morgan fingerprint density at radius 2 is 2.05 bits per heavy atom. The number of terminal acetylenes is 1. The molecule has 1 aliphatic rings. The highest BCUT2D eigenvalue weighted by molar-refractivity contribution is 6.02. The number of carbonyl (C=O) groups excluding carboxylic acids is 1. The largest absolute Gasteiger partial charge is 0.490 e. The molecule has 2 heteroatoms. The number of Topliss-reactive ketones (excluding diaryl/α,β-unsaturated/α-hetero) is 1. The van der Waals surface area contributed by atoms with Gasteiger partial charge in [0.15, 0.2) is 5.78 Å². The summed E-state index contributed by atoms with van der Waals surface area (Å²) in [5, 5.41) is 0. The van der Waals surface area contributed by atoms with Crippen LogP contribution in [0.15, 0.2) is 12.1 Å². The second-order valence-electron chi connectivity index (χ2n) is 6.01. The Balaban J connectivity index is 2.68. The maximum absolute atomic E-state index is 12.2. The Kier molecular flexibility index (Phi) is 3.41. The summed E-state index contributed by atoms with van der Waals surface area (Å²) in [7, 11) is 0. The fourth-order valence-corrected chi connectivity index (χ4v) is 2.55. The van der Waals surface area contributed by atoms with Crippen LogP contribution in [0.1, 0.15) is 62.0 Å². The topological polar surface area (TPSA) is 26.3 Å². The summed E-state index contributed by atoms with van der Waals surface area (Å²) in [6.45, 7) is 8.20. The third kappa shape index (κ3) is 2.51. The second kappa shape index (κ2) is 4.74. The molecule has 1 aromatic rings. The molecule has 0 amide bonds.